The van der Waals surface area contributed by atoms with Gasteiger partial charge in [-0.05, 0) is 32.0 Å². The van der Waals surface area contributed by atoms with Gasteiger partial charge in [0.2, 0.25) is 5.88 Å². The van der Waals surface area contributed by atoms with Crippen molar-refractivity contribution in [2.24, 2.45) is 0 Å². The molecule has 1 aromatic heterocycles. The van der Waals surface area contributed by atoms with Crippen LogP contribution >= 0.6 is 11.6 Å². The Labute approximate surface area is 207 Å². The minimum absolute atomic E-state index is 0.0444. The fourth-order valence-electron chi connectivity index (χ4n) is 4.02. The fraction of sp³-hybridized carbons (Fsp3) is 0.440. The molecule has 3 aromatic rings. The maximum atomic E-state index is 13.5. The Morgan fingerprint density at radius 3 is 2.69 bits per heavy atom. The van der Waals surface area contributed by atoms with Crippen molar-refractivity contribution in [2.45, 2.75) is 44.7 Å². The van der Waals surface area contributed by atoms with E-state index in [1.807, 2.05) is 13.8 Å². The predicted molar refractivity (Wildman–Crippen MR) is 126 cm³/mol. The standard InChI is InChI=1S/C25H26ClFN2O6/c1-25(2)32-13-18(35-25)12-31-17-10-20-23(22(11-17)33-16-5-7-30-8-6-16)24(29-14-28-20)34-21-4-3-15(27)9-19(21)26/h3-4,9-11,14,16,18H,5-8,12-13H2,1-2H3. The van der Waals surface area contributed by atoms with Gasteiger partial charge in [-0.25, -0.2) is 14.4 Å². The molecule has 2 fully saturated rings. The molecular weight excluding hydrogens is 479 g/mol. The minimum Gasteiger partial charge on any atom is -0.491 e. The number of halogens is 2. The number of hydrogen-bond donors (Lipinski definition) is 0. The highest BCUT2D eigenvalue weighted by Crippen LogP contribution is 2.40. The smallest absolute Gasteiger partial charge is 0.234 e. The Balaban J connectivity index is 1.47. The van der Waals surface area contributed by atoms with Crippen LogP contribution in [0, 0.1) is 5.82 Å². The zero-order valence-corrected chi connectivity index (χ0v) is 20.2. The number of hydrogen-bond acceptors (Lipinski definition) is 8. The van der Waals surface area contributed by atoms with Gasteiger partial charge in [0.05, 0.1) is 30.4 Å². The zero-order chi connectivity index (χ0) is 24.4. The Hall–Kier alpha value is -2.72. The first-order valence-electron chi connectivity index (χ1n) is 11.5. The van der Waals surface area contributed by atoms with E-state index in [1.165, 1.54) is 24.5 Å². The Kier molecular flexibility index (Phi) is 6.93. The number of rotatable bonds is 7. The maximum absolute atomic E-state index is 13.5. The molecule has 3 heterocycles. The van der Waals surface area contributed by atoms with Crippen LogP contribution in [0.1, 0.15) is 26.7 Å². The zero-order valence-electron chi connectivity index (χ0n) is 19.5. The maximum Gasteiger partial charge on any atom is 0.234 e. The molecule has 0 bridgehead atoms. The van der Waals surface area contributed by atoms with E-state index < -0.39 is 11.6 Å². The molecule has 1 atom stereocenters. The largest absolute Gasteiger partial charge is 0.491 e. The lowest BCUT2D eigenvalue weighted by Crippen LogP contribution is -2.26. The second-order valence-corrected chi connectivity index (χ2v) is 9.27. The second-order valence-electron chi connectivity index (χ2n) is 8.86. The van der Waals surface area contributed by atoms with Gasteiger partial charge >= 0.3 is 0 Å². The molecule has 8 nitrogen and oxygen atoms in total. The van der Waals surface area contributed by atoms with Crippen LogP contribution in [-0.2, 0) is 14.2 Å². The second kappa shape index (κ2) is 10.1. The van der Waals surface area contributed by atoms with Gasteiger partial charge in [-0.2, -0.15) is 0 Å². The molecule has 2 aliphatic rings. The van der Waals surface area contributed by atoms with Crippen LogP contribution in [0.15, 0.2) is 36.7 Å². The van der Waals surface area contributed by atoms with Gasteiger partial charge in [0, 0.05) is 25.0 Å². The topological polar surface area (TPSA) is 81.2 Å². The monoisotopic (exact) mass is 504 g/mol. The lowest BCUT2D eigenvalue weighted by molar-refractivity contribution is -0.141. The van der Waals surface area contributed by atoms with Crippen LogP contribution in [0.3, 0.4) is 0 Å². The third-order valence-corrected chi connectivity index (χ3v) is 6.00. The molecule has 1 unspecified atom stereocenters. The van der Waals surface area contributed by atoms with Gasteiger partial charge in [0.1, 0.15) is 53.6 Å². The summed E-state index contributed by atoms with van der Waals surface area (Å²) in [6, 6.07) is 7.48. The molecule has 0 saturated carbocycles. The molecule has 10 heteroatoms. The van der Waals surface area contributed by atoms with Gasteiger partial charge in [0.25, 0.3) is 0 Å². The molecule has 2 saturated heterocycles. The number of fused-ring (bicyclic) bond motifs is 1. The first-order valence-corrected chi connectivity index (χ1v) is 11.8. The van der Waals surface area contributed by atoms with Crippen LogP contribution in [0.4, 0.5) is 4.39 Å². The van der Waals surface area contributed by atoms with Crippen LogP contribution < -0.4 is 14.2 Å². The summed E-state index contributed by atoms with van der Waals surface area (Å²) in [4.78, 5) is 8.72. The first-order chi connectivity index (χ1) is 16.9. The van der Waals surface area contributed by atoms with E-state index in [9.17, 15) is 4.39 Å². The van der Waals surface area contributed by atoms with Crippen molar-refractivity contribution in [2.75, 3.05) is 26.4 Å². The molecule has 5 rings (SSSR count). The van der Waals surface area contributed by atoms with E-state index in [0.717, 1.165) is 12.8 Å². The van der Waals surface area contributed by atoms with E-state index >= 15 is 0 Å². The normalized spacial score (nSPS) is 20.2. The molecule has 0 radical (unpaired) electrons. The summed E-state index contributed by atoms with van der Waals surface area (Å²) in [5.74, 6) is 0.507. The molecule has 2 aliphatic heterocycles. The van der Waals surface area contributed by atoms with Gasteiger partial charge in [-0.3, -0.25) is 0 Å². The van der Waals surface area contributed by atoms with Gasteiger partial charge in [0.15, 0.2) is 5.79 Å². The molecule has 0 N–H and O–H groups in total. The van der Waals surface area contributed by atoms with Crippen LogP contribution in [0.5, 0.6) is 23.1 Å². The van der Waals surface area contributed by atoms with E-state index in [1.54, 1.807) is 12.1 Å². The van der Waals surface area contributed by atoms with Gasteiger partial charge < -0.3 is 28.4 Å². The summed E-state index contributed by atoms with van der Waals surface area (Å²) in [6.45, 7) is 5.75. The van der Waals surface area contributed by atoms with E-state index in [4.69, 9.17) is 40.0 Å². The van der Waals surface area contributed by atoms with Crippen molar-refractivity contribution in [3.05, 3.63) is 47.5 Å². The van der Waals surface area contributed by atoms with E-state index in [2.05, 4.69) is 9.97 Å². The SMILES string of the molecule is CC1(C)OCC(COc2cc(OC3CCOCC3)c3c(Oc4ccc(F)cc4Cl)ncnc3c2)O1. The molecule has 0 amide bonds. The molecule has 0 spiro atoms. The van der Waals surface area contributed by atoms with Crippen LogP contribution in [0.2, 0.25) is 5.02 Å². The Morgan fingerprint density at radius 1 is 1.11 bits per heavy atom. The van der Waals surface area contributed by atoms with Gasteiger partial charge in [-0.1, -0.05) is 11.6 Å². The minimum atomic E-state index is -0.629. The summed E-state index contributed by atoms with van der Waals surface area (Å²) < 4.78 is 48.8. The number of benzene rings is 2. The van der Waals surface area contributed by atoms with Crippen molar-refractivity contribution >= 4 is 22.5 Å². The predicted octanol–water partition coefficient (Wildman–Crippen LogP) is 5.30. The quantitative estimate of drug-likeness (QED) is 0.428. The molecule has 35 heavy (non-hydrogen) atoms. The Morgan fingerprint density at radius 2 is 1.94 bits per heavy atom. The average molecular weight is 505 g/mol. The molecule has 0 aliphatic carbocycles. The van der Waals surface area contributed by atoms with Crippen molar-refractivity contribution in [3.63, 3.8) is 0 Å². The third kappa shape index (κ3) is 5.75. The summed E-state index contributed by atoms with van der Waals surface area (Å²) in [5.41, 5.74) is 0.566. The molecule has 2 aromatic carbocycles. The van der Waals surface area contributed by atoms with Crippen molar-refractivity contribution < 1.29 is 32.8 Å². The number of nitrogens with zero attached hydrogens (tertiary/aromatic N) is 2. The Bertz CT molecular complexity index is 1200. The molecular formula is C25H26ClFN2O6. The lowest BCUT2D eigenvalue weighted by Gasteiger charge is -2.24. The third-order valence-electron chi connectivity index (χ3n) is 5.71. The van der Waals surface area contributed by atoms with Crippen LogP contribution in [-0.4, -0.2) is 54.4 Å². The van der Waals surface area contributed by atoms with Crippen molar-refractivity contribution in [3.8, 4) is 23.1 Å². The highest BCUT2D eigenvalue weighted by molar-refractivity contribution is 6.32. The highest BCUT2D eigenvalue weighted by atomic mass is 35.5. The van der Waals surface area contributed by atoms with Crippen molar-refractivity contribution in [1.82, 2.24) is 9.97 Å². The summed E-state index contributed by atoms with van der Waals surface area (Å²) in [5, 5.41) is 0.693. The van der Waals surface area contributed by atoms with E-state index in [-0.39, 0.29) is 28.9 Å². The lowest BCUT2D eigenvalue weighted by atomic mass is 10.1. The first kappa shape index (κ1) is 24.0. The number of ether oxygens (including phenoxy) is 6. The van der Waals surface area contributed by atoms with Crippen LogP contribution in [0.25, 0.3) is 10.9 Å². The highest BCUT2D eigenvalue weighted by Gasteiger charge is 2.33. The van der Waals surface area contributed by atoms with Gasteiger partial charge in [-0.15, -0.1) is 0 Å². The van der Waals surface area contributed by atoms with Crippen molar-refractivity contribution in [1.29, 1.82) is 0 Å². The molecule has 186 valence electrons. The average Bonchev–Trinajstić information content (AvgIpc) is 3.18. The summed E-state index contributed by atoms with van der Waals surface area (Å²) in [7, 11) is 0. The van der Waals surface area contributed by atoms with E-state index in [0.29, 0.717) is 48.8 Å². The summed E-state index contributed by atoms with van der Waals surface area (Å²) in [6.07, 6.45) is 2.65. The number of aromatic nitrogens is 2. The summed E-state index contributed by atoms with van der Waals surface area (Å²) >= 11 is 6.18. The fourth-order valence-corrected chi connectivity index (χ4v) is 4.23.